The summed E-state index contributed by atoms with van der Waals surface area (Å²) in [5.41, 5.74) is -1.09. The standard InChI is InChI=1S/C10H17NO3S/c1-7(15-2)3-6-11-8(12)10(4-5-10)9(13)14/h7H,3-6H2,1-2H3,(H,11,12)(H,13,14). The zero-order valence-electron chi connectivity index (χ0n) is 9.08. The molecule has 1 aliphatic rings. The Balaban J connectivity index is 2.28. The van der Waals surface area contributed by atoms with E-state index in [0.717, 1.165) is 6.42 Å². The minimum absolute atomic E-state index is 0.316. The summed E-state index contributed by atoms with van der Waals surface area (Å²) in [5, 5.41) is 12.1. The Hall–Kier alpha value is -0.710. The van der Waals surface area contributed by atoms with Gasteiger partial charge in [-0.15, -0.1) is 0 Å². The van der Waals surface area contributed by atoms with Crippen molar-refractivity contribution in [1.82, 2.24) is 5.32 Å². The van der Waals surface area contributed by atoms with Crippen molar-refractivity contribution < 1.29 is 14.7 Å². The molecule has 0 radical (unpaired) electrons. The molecule has 2 N–H and O–H groups in total. The third-order valence-electron chi connectivity index (χ3n) is 2.83. The van der Waals surface area contributed by atoms with Gasteiger partial charge in [0.15, 0.2) is 0 Å². The lowest BCUT2D eigenvalue weighted by molar-refractivity contribution is -0.149. The van der Waals surface area contributed by atoms with Crippen LogP contribution in [0, 0.1) is 5.41 Å². The van der Waals surface area contributed by atoms with Crippen LogP contribution >= 0.6 is 11.8 Å². The van der Waals surface area contributed by atoms with Gasteiger partial charge in [0.2, 0.25) is 5.91 Å². The summed E-state index contributed by atoms with van der Waals surface area (Å²) in [6.45, 7) is 2.65. The van der Waals surface area contributed by atoms with Gasteiger partial charge >= 0.3 is 5.97 Å². The number of hydrogen-bond donors (Lipinski definition) is 2. The molecular formula is C10H17NO3S. The Labute approximate surface area is 93.8 Å². The second-order valence-electron chi connectivity index (χ2n) is 3.98. The molecule has 1 rings (SSSR count). The highest BCUT2D eigenvalue weighted by Crippen LogP contribution is 2.46. The third kappa shape index (κ3) is 2.87. The number of rotatable bonds is 6. The van der Waals surface area contributed by atoms with Crippen LogP contribution in [0.3, 0.4) is 0 Å². The molecular weight excluding hydrogens is 214 g/mol. The smallest absolute Gasteiger partial charge is 0.319 e. The zero-order chi connectivity index (χ0) is 11.5. The summed E-state index contributed by atoms with van der Waals surface area (Å²) in [6, 6.07) is 0. The van der Waals surface area contributed by atoms with Crippen molar-refractivity contribution in [3.63, 3.8) is 0 Å². The van der Waals surface area contributed by atoms with Crippen LogP contribution in [-0.2, 0) is 9.59 Å². The van der Waals surface area contributed by atoms with Gasteiger partial charge in [0.05, 0.1) is 0 Å². The number of hydrogen-bond acceptors (Lipinski definition) is 3. The van der Waals surface area contributed by atoms with Gasteiger partial charge in [-0.05, 0) is 25.5 Å². The van der Waals surface area contributed by atoms with Gasteiger partial charge in [-0.3, -0.25) is 9.59 Å². The summed E-state index contributed by atoms with van der Waals surface area (Å²) in [4.78, 5) is 22.4. The maximum absolute atomic E-state index is 11.5. The minimum atomic E-state index is -1.09. The number of thioether (sulfide) groups is 1. The maximum atomic E-state index is 11.5. The van der Waals surface area contributed by atoms with Crippen LogP contribution in [0.25, 0.3) is 0 Å². The van der Waals surface area contributed by atoms with E-state index < -0.39 is 11.4 Å². The van der Waals surface area contributed by atoms with Crippen molar-refractivity contribution in [2.45, 2.75) is 31.4 Å². The van der Waals surface area contributed by atoms with Crippen LogP contribution < -0.4 is 5.32 Å². The Morgan fingerprint density at radius 3 is 2.53 bits per heavy atom. The van der Waals surface area contributed by atoms with Gasteiger partial charge < -0.3 is 10.4 Å². The Morgan fingerprint density at radius 1 is 1.53 bits per heavy atom. The molecule has 1 unspecified atom stereocenters. The molecule has 15 heavy (non-hydrogen) atoms. The number of amides is 1. The van der Waals surface area contributed by atoms with Gasteiger partial charge in [0.25, 0.3) is 0 Å². The summed E-state index contributed by atoms with van der Waals surface area (Å²) in [5.74, 6) is -1.30. The first-order valence-corrected chi connectivity index (χ1v) is 6.36. The van der Waals surface area contributed by atoms with Crippen LogP contribution in [-0.4, -0.2) is 35.0 Å². The molecule has 1 aliphatic carbocycles. The number of carboxylic acid groups (broad SMARTS) is 1. The van der Waals surface area contributed by atoms with Crippen molar-refractivity contribution in [2.75, 3.05) is 12.8 Å². The third-order valence-corrected chi connectivity index (χ3v) is 3.87. The quantitative estimate of drug-likeness (QED) is 0.672. The SMILES string of the molecule is CSC(C)CCNC(=O)C1(C(=O)O)CC1. The minimum Gasteiger partial charge on any atom is -0.480 e. The molecule has 1 atom stereocenters. The van der Waals surface area contributed by atoms with Crippen LogP contribution in [0.5, 0.6) is 0 Å². The molecule has 0 spiro atoms. The highest BCUT2D eigenvalue weighted by molar-refractivity contribution is 7.99. The molecule has 1 amide bonds. The average Bonchev–Trinajstić information content (AvgIpc) is 2.97. The lowest BCUT2D eigenvalue weighted by atomic mass is 10.1. The lowest BCUT2D eigenvalue weighted by Crippen LogP contribution is -2.37. The summed E-state index contributed by atoms with van der Waals surface area (Å²) in [6.07, 6.45) is 3.85. The van der Waals surface area contributed by atoms with Crippen molar-refractivity contribution in [3.05, 3.63) is 0 Å². The predicted molar refractivity (Wildman–Crippen MR) is 59.9 cm³/mol. The average molecular weight is 231 g/mol. The molecule has 0 heterocycles. The molecule has 4 nitrogen and oxygen atoms in total. The van der Waals surface area contributed by atoms with Gasteiger partial charge in [-0.25, -0.2) is 0 Å². The molecule has 0 aromatic rings. The Morgan fingerprint density at radius 2 is 2.13 bits per heavy atom. The topological polar surface area (TPSA) is 66.4 Å². The Kier molecular flexibility index (Phi) is 4.02. The zero-order valence-corrected chi connectivity index (χ0v) is 9.89. The van der Waals surface area contributed by atoms with E-state index in [0.29, 0.717) is 24.6 Å². The van der Waals surface area contributed by atoms with E-state index in [1.165, 1.54) is 0 Å². The molecule has 1 fully saturated rings. The highest BCUT2D eigenvalue weighted by atomic mass is 32.2. The van der Waals surface area contributed by atoms with E-state index in [2.05, 4.69) is 12.2 Å². The second-order valence-corrected chi connectivity index (χ2v) is 5.25. The normalized spacial score (nSPS) is 19.3. The van der Waals surface area contributed by atoms with Crippen LogP contribution in [0.1, 0.15) is 26.2 Å². The molecule has 86 valence electrons. The van der Waals surface area contributed by atoms with E-state index in [9.17, 15) is 9.59 Å². The Bertz CT molecular complexity index is 263. The van der Waals surface area contributed by atoms with E-state index in [1.54, 1.807) is 11.8 Å². The van der Waals surface area contributed by atoms with E-state index in [-0.39, 0.29) is 5.91 Å². The number of carbonyl (C=O) groups is 2. The number of carboxylic acids is 1. The highest BCUT2D eigenvalue weighted by Gasteiger charge is 2.56. The first kappa shape index (κ1) is 12.4. The van der Waals surface area contributed by atoms with E-state index >= 15 is 0 Å². The molecule has 0 aromatic carbocycles. The van der Waals surface area contributed by atoms with E-state index in [1.807, 2.05) is 6.26 Å². The number of nitrogens with one attached hydrogen (secondary N) is 1. The molecule has 0 bridgehead atoms. The summed E-state index contributed by atoms with van der Waals surface area (Å²) < 4.78 is 0. The molecule has 0 aliphatic heterocycles. The van der Waals surface area contributed by atoms with Crippen LogP contribution in [0.15, 0.2) is 0 Å². The first-order chi connectivity index (χ1) is 7.03. The number of aliphatic carboxylic acids is 1. The lowest BCUT2D eigenvalue weighted by Gasteiger charge is -2.12. The van der Waals surface area contributed by atoms with Crippen molar-refractivity contribution in [1.29, 1.82) is 0 Å². The van der Waals surface area contributed by atoms with Gasteiger partial charge in [-0.1, -0.05) is 6.92 Å². The van der Waals surface area contributed by atoms with Gasteiger partial charge in [-0.2, -0.15) is 11.8 Å². The second kappa shape index (κ2) is 4.88. The number of carbonyl (C=O) groups excluding carboxylic acids is 1. The first-order valence-electron chi connectivity index (χ1n) is 5.07. The van der Waals surface area contributed by atoms with Gasteiger partial charge in [0, 0.05) is 11.8 Å². The monoisotopic (exact) mass is 231 g/mol. The van der Waals surface area contributed by atoms with E-state index in [4.69, 9.17) is 5.11 Å². The fourth-order valence-corrected chi connectivity index (χ4v) is 1.69. The van der Waals surface area contributed by atoms with Crippen molar-refractivity contribution in [3.8, 4) is 0 Å². The summed E-state index contributed by atoms with van der Waals surface area (Å²) in [7, 11) is 0. The van der Waals surface area contributed by atoms with Crippen LogP contribution in [0.2, 0.25) is 0 Å². The molecule has 0 saturated heterocycles. The maximum Gasteiger partial charge on any atom is 0.319 e. The van der Waals surface area contributed by atoms with Crippen molar-refractivity contribution in [2.24, 2.45) is 5.41 Å². The molecule has 5 heteroatoms. The molecule has 0 aromatic heterocycles. The summed E-state index contributed by atoms with van der Waals surface area (Å²) >= 11 is 1.74. The fraction of sp³-hybridized carbons (Fsp3) is 0.800. The predicted octanol–water partition coefficient (Wildman–Crippen LogP) is 1.11. The fourth-order valence-electron chi connectivity index (χ4n) is 1.34. The van der Waals surface area contributed by atoms with Crippen molar-refractivity contribution >= 4 is 23.6 Å². The molecule has 1 saturated carbocycles. The van der Waals surface area contributed by atoms with Gasteiger partial charge in [0.1, 0.15) is 5.41 Å². The van der Waals surface area contributed by atoms with Crippen LogP contribution in [0.4, 0.5) is 0 Å². The largest absolute Gasteiger partial charge is 0.480 e.